The Balaban J connectivity index is 1.44. The molecule has 3 aliphatic rings. The zero-order valence-corrected chi connectivity index (χ0v) is 23.2. The number of anilines is 2. The first-order chi connectivity index (χ1) is 17.9. The van der Waals surface area contributed by atoms with Gasteiger partial charge in [-0.2, -0.15) is 0 Å². The number of hydrogen-bond donors (Lipinski definition) is 2. The van der Waals surface area contributed by atoms with Crippen molar-refractivity contribution < 1.29 is 23.9 Å². The van der Waals surface area contributed by atoms with Crippen molar-refractivity contribution in [3.05, 3.63) is 23.8 Å². The minimum atomic E-state index is -0.556. The molecule has 2 N–H and O–H groups in total. The van der Waals surface area contributed by atoms with Gasteiger partial charge in [-0.15, -0.1) is 0 Å². The van der Waals surface area contributed by atoms with Crippen molar-refractivity contribution >= 4 is 35.3 Å². The van der Waals surface area contributed by atoms with Crippen molar-refractivity contribution in [1.82, 2.24) is 15.1 Å². The van der Waals surface area contributed by atoms with Crippen LogP contribution in [0.5, 0.6) is 0 Å². The number of urea groups is 1. The topological polar surface area (TPSA) is 111 Å². The van der Waals surface area contributed by atoms with Gasteiger partial charge < -0.3 is 25.2 Å². The zero-order valence-electron chi connectivity index (χ0n) is 23.2. The predicted molar refractivity (Wildman–Crippen MR) is 145 cm³/mol. The van der Waals surface area contributed by atoms with Crippen molar-refractivity contribution in [2.75, 3.05) is 36.9 Å². The van der Waals surface area contributed by atoms with Crippen molar-refractivity contribution in [3.8, 4) is 0 Å². The molecule has 1 aliphatic carbocycles. The number of hydrogen-bond acceptors (Lipinski definition) is 5. The molecule has 2 fully saturated rings. The van der Waals surface area contributed by atoms with Crippen molar-refractivity contribution in [3.63, 3.8) is 0 Å². The van der Waals surface area contributed by atoms with Gasteiger partial charge in [0.25, 0.3) is 5.91 Å². The molecule has 0 spiro atoms. The number of piperidine rings is 1. The van der Waals surface area contributed by atoms with E-state index in [4.69, 9.17) is 4.74 Å². The van der Waals surface area contributed by atoms with Crippen LogP contribution in [-0.4, -0.2) is 78.1 Å². The normalized spacial score (nSPS) is 20.2. The molecular weight excluding hydrogens is 486 g/mol. The van der Waals surface area contributed by atoms with E-state index in [1.54, 1.807) is 39.9 Å². The van der Waals surface area contributed by atoms with Crippen molar-refractivity contribution in [1.29, 1.82) is 0 Å². The minimum absolute atomic E-state index is 0.0553. The van der Waals surface area contributed by atoms with Crippen LogP contribution in [0.1, 0.15) is 76.6 Å². The number of amides is 5. The third-order valence-corrected chi connectivity index (χ3v) is 7.42. The highest BCUT2D eigenvalue weighted by Crippen LogP contribution is 2.34. The predicted octanol–water partition coefficient (Wildman–Crippen LogP) is 4.20. The molecule has 0 unspecified atom stereocenters. The van der Waals surface area contributed by atoms with E-state index in [1.807, 2.05) is 27.7 Å². The number of nitrogens with zero attached hydrogens (tertiary/aromatic N) is 3. The Morgan fingerprint density at radius 3 is 2.45 bits per heavy atom. The lowest BCUT2D eigenvalue weighted by Crippen LogP contribution is -2.53. The summed E-state index contributed by atoms with van der Waals surface area (Å²) < 4.78 is 5.48. The van der Waals surface area contributed by atoms with Gasteiger partial charge in [0.2, 0.25) is 5.91 Å². The summed E-state index contributed by atoms with van der Waals surface area (Å²) in [6.07, 6.45) is 4.53. The molecule has 1 aromatic carbocycles. The minimum Gasteiger partial charge on any atom is -0.444 e. The molecule has 4 rings (SSSR count). The van der Waals surface area contributed by atoms with E-state index in [9.17, 15) is 19.2 Å². The number of carbonyl (C=O) groups excluding carboxylic acids is 4. The summed E-state index contributed by atoms with van der Waals surface area (Å²) in [7, 11) is 1.77. The smallest absolute Gasteiger partial charge is 0.410 e. The second kappa shape index (κ2) is 11.2. The molecule has 38 heavy (non-hydrogen) atoms. The van der Waals surface area contributed by atoms with Crippen LogP contribution in [0.25, 0.3) is 0 Å². The molecule has 2 aliphatic heterocycles. The number of benzene rings is 1. The fourth-order valence-electron chi connectivity index (χ4n) is 5.06. The van der Waals surface area contributed by atoms with E-state index >= 15 is 0 Å². The maximum atomic E-state index is 13.8. The molecule has 5 amide bonds. The van der Waals surface area contributed by atoms with E-state index < -0.39 is 5.60 Å². The Morgan fingerprint density at radius 1 is 1.13 bits per heavy atom. The standard InChI is InChI=1S/C28H41N5O5/c1-18-16-24(34)30-22-17-20(25(35)29-13-10-19-6-7-19)8-9-23(22)33(18)26(36)31(5)21-11-14-32(15-12-21)27(37)38-28(2,3)4/h8-9,17-19,21H,6-7,10-16H2,1-5H3,(H,29,35)(H,30,34)/t18-/m0/s1. The molecule has 10 nitrogen and oxygen atoms in total. The number of ether oxygens (including phenoxy) is 1. The number of likely N-dealkylation sites (tertiary alicyclic amines) is 1. The molecule has 0 bridgehead atoms. The Labute approximate surface area is 225 Å². The van der Waals surface area contributed by atoms with E-state index in [1.165, 1.54) is 12.8 Å². The molecule has 2 heterocycles. The van der Waals surface area contributed by atoms with Gasteiger partial charge >= 0.3 is 12.1 Å². The van der Waals surface area contributed by atoms with E-state index in [-0.39, 0.29) is 42.4 Å². The first kappa shape index (κ1) is 27.7. The Bertz CT molecular complexity index is 1070. The van der Waals surface area contributed by atoms with Gasteiger partial charge in [0.1, 0.15) is 5.60 Å². The first-order valence-electron chi connectivity index (χ1n) is 13.7. The lowest BCUT2D eigenvalue weighted by molar-refractivity contribution is -0.116. The van der Waals surface area contributed by atoms with E-state index in [0.29, 0.717) is 49.4 Å². The van der Waals surface area contributed by atoms with Crippen molar-refractivity contribution in [2.24, 2.45) is 5.92 Å². The van der Waals surface area contributed by atoms with Crippen LogP contribution in [0.15, 0.2) is 18.2 Å². The lowest BCUT2D eigenvalue weighted by Gasteiger charge is -2.40. The van der Waals surface area contributed by atoms with Gasteiger partial charge in [0.15, 0.2) is 0 Å². The SMILES string of the molecule is C[C@H]1CC(=O)Nc2cc(C(=O)NCCC3CC3)ccc2N1C(=O)N(C)C1CCN(C(=O)OC(C)(C)C)CC1. The van der Waals surface area contributed by atoms with Crippen LogP contribution in [0.2, 0.25) is 0 Å². The number of carbonyl (C=O) groups is 4. The van der Waals surface area contributed by atoms with Crippen LogP contribution in [0.3, 0.4) is 0 Å². The Morgan fingerprint density at radius 2 is 1.82 bits per heavy atom. The highest BCUT2D eigenvalue weighted by atomic mass is 16.6. The molecular formula is C28H41N5O5. The molecule has 1 atom stereocenters. The van der Waals surface area contributed by atoms with Gasteiger partial charge in [0.05, 0.1) is 11.4 Å². The molecule has 0 radical (unpaired) electrons. The molecule has 1 aromatic rings. The van der Waals surface area contributed by atoms with Crippen LogP contribution >= 0.6 is 0 Å². The third-order valence-electron chi connectivity index (χ3n) is 7.42. The van der Waals surface area contributed by atoms with E-state index in [2.05, 4.69) is 10.6 Å². The summed E-state index contributed by atoms with van der Waals surface area (Å²) in [6.45, 7) is 9.01. The zero-order chi connectivity index (χ0) is 27.6. The quantitative estimate of drug-likeness (QED) is 0.596. The second-order valence-corrected chi connectivity index (χ2v) is 11.8. The Kier molecular flexibility index (Phi) is 8.18. The summed E-state index contributed by atoms with van der Waals surface area (Å²) in [5, 5.41) is 5.84. The summed E-state index contributed by atoms with van der Waals surface area (Å²) >= 11 is 0. The van der Waals surface area contributed by atoms with Gasteiger partial charge in [-0.05, 0) is 71.1 Å². The van der Waals surface area contributed by atoms with Gasteiger partial charge in [-0.25, -0.2) is 9.59 Å². The summed E-state index contributed by atoms with van der Waals surface area (Å²) in [6, 6.07) is 4.45. The monoisotopic (exact) mass is 527 g/mol. The van der Waals surface area contributed by atoms with Crippen LogP contribution in [0.4, 0.5) is 21.0 Å². The Hall–Kier alpha value is -3.30. The van der Waals surface area contributed by atoms with E-state index in [0.717, 1.165) is 12.3 Å². The highest BCUT2D eigenvalue weighted by molar-refractivity contribution is 6.06. The maximum Gasteiger partial charge on any atom is 0.410 e. The molecule has 0 aromatic heterocycles. The fraction of sp³-hybridized carbons (Fsp3) is 0.643. The summed E-state index contributed by atoms with van der Waals surface area (Å²) in [5.41, 5.74) is 0.917. The average Bonchev–Trinajstić information content (AvgIpc) is 3.68. The molecule has 208 valence electrons. The van der Waals surface area contributed by atoms with Gasteiger partial charge in [0, 0.05) is 50.7 Å². The fourth-order valence-corrected chi connectivity index (χ4v) is 5.06. The molecule has 1 saturated carbocycles. The molecule has 10 heteroatoms. The number of fused-ring (bicyclic) bond motifs is 1. The maximum absolute atomic E-state index is 13.8. The largest absolute Gasteiger partial charge is 0.444 e. The lowest BCUT2D eigenvalue weighted by atomic mass is 10.0. The van der Waals surface area contributed by atoms with Crippen molar-refractivity contribution in [2.45, 2.75) is 83.9 Å². The van der Waals surface area contributed by atoms with Crippen LogP contribution in [-0.2, 0) is 9.53 Å². The molecule has 1 saturated heterocycles. The van der Waals surface area contributed by atoms with Crippen LogP contribution < -0.4 is 15.5 Å². The average molecular weight is 528 g/mol. The first-order valence-corrected chi connectivity index (χ1v) is 13.7. The number of rotatable bonds is 5. The number of nitrogens with one attached hydrogen (secondary N) is 2. The van der Waals surface area contributed by atoms with Crippen LogP contribution in [0, 0.1) is 5.92 Å². The highest BCUT2D eigenvalue weighted by Gasteiger charge is 2.36. The van der Waals surface area contributed by atoms with Gasteiger partial charge in [-0.3, -0.25) is 14.5 Å². The summed E-state index contributed by atoms with van der Waals surface area (Å²) in [5.74, 6) is 0.338. The third kappa shape index (κ3) is 6.76. The van der Waals surface area contributed by atoms with Gasteiger partial charge in [-0.1, -0.05) is 12.8 Å². The second-order valence-electron chi connectivity index (χ2n) is 11.8. The summed E-state index contributed by atoms with van der Waals surface area (Å²) in [4.78, 5) is 56.6.